The number of aryl methyl sites for hydroxylation is 1. The molecule has 0 saturated carbocycles. The van der Waals surface area contributed by atoms with E-state index in [1.165, 1.54) is 28.7 Å². The minimum atomic E-state index is -0.172. The maximum absolute atomic E-state index is 12.0. The summed E-state index contributed by atoms with van der Waals surface area (Å²) in [5.74, 6) is 0.706. The molecule has 0 bridgehead atoms. The lowest BCUT2D eigenvalue weighted by atomic mass is 10.2. The Hall–Kier alpha value is -2.78. The molecule has 0 atom stereocenters. The number of hydrazine groups is 1. The van der Waals surface area contributed by atoms with Crippen molar-refractivity contribution in [2.75, 3.05) is 23.6 Å². The van der Waals surface area contributed by atoms with Crippen molar-refractivity contribution < 1.29 is 9.53 Å². The predicted molar refractivity (Wildman–Crippen MR) is 110 cm³/mol. The number of carbonyl (C=O) groups excluding carboxylic acids is 1. The normalized spacial score (nSPS) is 10.3. The van der Waals surface area contributed by atoms with Crippen molar-refractivity contribution >= 4 is 45.5 Å². The molecule has 0 radical (unpaired) electrons. The third-order valence-corrected chi connectivity index (χ3v) is 5.45. The molecule has 1 heterocycles. The number of anilines is 3. The van der Waals surface area contributed by atoms with Gasteiger partial charge in [0.2, 0.25) is 11.0 Å². The highest BCUT2D eigenvalue weighted by atomic mass is 32.2. The van der Waals surface area contributed by atoms with Crippen LogP contribution in [-0.2, 0) is 4.79 Å². The zero-order chi connectivity index (χ0) is 19.1. The van der Waals surface area contributed by atoms with Crippen LogP contribution in [0.2, 0.25) is 0 Å². The minimum absolute atomic E-state index is 0.172. The number of thioether (sulfide) groups is 1. The number of ether oxygens (including phenoxy) is 1. The number of methoxy groups -OCH3 is 1. The third kappa shape index (κ3) is 5.60. The number of hydrogen-bond donors (Lipinski definition) is 3. The first kappa shape index (κ1) is 19.0. The SMILES string of the molecule is COc1ccccc1NNC(=O)CSc1nnc(Nc2ccc(C)cc2)s1. The second-order valence-electron chi connectivity index (χ2n) is 5.53. The number of carbonyl (C=O) groups is 1. The minimum Gasteiger partial charge on any atom is -0.495 e. The van der Waals surface area contributed by atoms with Gasteiger partial charge in [-0.2, -0.15) is 0 Å². The largest absolute Gasteiger partial charge is 0.495 e. The number of aromatic nitrogens is 2. The van der Waals surface area contributed by atoms with Crippen LogP contribution in [0.15, 0.2) is 52.9 Å². The molecule has 140 valence electrons. The fourth-order valence-electron chi connectivity index (χ4n) is 2.13. The van der Waals surface area contributed by atoms with Gasteiger partial charge < -0.3 is 10.1 Å². The predicted octanol–water partition coefficient (Wildman–Crippen LogP) is 3.83. The molecule has 3 rings (SSSR count). The monoisotopic (exact) mass is 401 g/mol. The van der Waals surface area contributed by atoms with Gasteiger partial charge in [-0.1, -0.05) is 52.9 Å². The fraction of sp³-hybridized carbons (Fsp3) is 0.167. The Morgan fingerprint density at radius 1 is 1.15 bits per heavy atom. The van der Waals surface area contributed by atoms with Crippen LogP contribution in [0.25, 0.3) is 0 Å². The van der Waals surface area contributed by atoms with Crippen molar-refractivity contribution in [2.45, 2.75) is 11.3 Å². The lowest BCUT2D eigenvalue weighted by molar-refractivity contribution is -0.118. The molecule has 0 aliphatic heterocycles. The summed E-state index contributed by atoms with van der Waals surface area (Å²) in [5, 5.41) is 12.1. The van der Waals surface area contributed by atoms with Crippen LogP contribution in [-0.4, -0.2) is 29.0 Å². The third-order valence-electron chi connectivity index (χ3n) is 3.48. The molecule has 7 nitrogen and oxygen atoms in total. The van der Waals surface area contributed by atoms with Crippen molar-refractivity contribution in [1.82, 2.24) is 15.6 Å². The van der Waals surface area contributed by atoms with Gasteiger partial charge in [0.05, 0.1) is 18.6 Å². The van der Waals surface area contributed by atoms with Gasteiger partial charge in [0.1, 0.15) is 5.75 Å². The van der Waals surface area contributed by atoms with E-state index in [9.17, 15) is 4.79 Å². The van der Waals surface area contributed by atoms with Crippen LogP contribution >= 0.6 is 23.1 Å². The summed E-state index contributed by atoms with van der Waals surface area (Å²) in [4.78, 5) is 12.0. The number of nitrogens with zero attached hydrogens (tertiary/aromatic N) is 2. The number of amides is 1. The van der Waals surface area contributed by atoms with Gasteiger partial charge in [0.15, 0.2) is 4.34 Å². The van der Waals surface area contributed by atoms with Gasteiger partial charge in [-0.25, -0.2) is 0 Å². The van der Waals surface area contributed by atoms with E-state index in [1.807, 2.05) is 55.5 Å². The molecular weight excluding hydrogens is 382 g/mol. The quantitative estimate of drug-likeness (QED) is 0.390. The molecule has 0 fully saturated rings. The summed E-state index contributed by atoms with van der Waals surface area (Å²) in [5.41, 5.74) is 8.35. The number of rotatable bonds is 8. The van der Waals surface area contributed by atoms with E-state index in [-0.39, 0.29) is 11.7 Å². The zero-order valence-electron chi connectivity index (χ0n) is 14.9. The van der Waals surface area contributed by atoms with Crippen LogP contribution in [0.5, 0.6) is 5.75 Å². The van der Waals surface area contributed by atoms with E-state index in [1.54, 1.807) is 7.11 Å². The van der Waals surface area contributed by atoms with E-state index < -0.39 is 0 Å². The summed E-state index contributed by atoms with van der Waals surface area (Å²) < 4.78 is 5.94. The number of hydrogen-bond acceptors (Lipinski definition) is 8. The highest BCUT2D eigenvalue weighted by Gasteiger charge is 2.09. The summed E-state index contributed by atoms with van der Waals surface area (Å²) in [6, 6.07) is 15.4. The molecule has 3 N–H and O–H groups in total. The van der Waals surface area contributed by atoms with Crippen molar-refractivity contribution in [3.63, 3.8) is 0 Å². The molecule has 3 aromatic rings. The first-order valence-electron chi connectivity index (χ1n) is 8.12. The molecule has 27 heavy (non-hydrogen) atoms. The van der Waals surface area contributed by atoms with Crippen molar-refractivity contribution in [3.05, 3.63) is 54.1 Å². The van der Waals surface area contributed by atoms with Gasteiger partial charge in [-0.3, -0.25) is 15.6 Å². The van der Waals surface area contributed by atoms with Gasteiger partial charge in [-0.05, 0) is 31.2 Å². The maximum Gasteiger partial charge on any atom is 0.248 e. The first-order valence-corrected chi connectivity index (χ1v) is 9.92. The zero-order valence-corrected chi connectivity index (χ0v) is 16.5. The average molecular weight is 402 g/mol. The van der Waals surface area contributed by atoms with E-state index >= 15 is 0 Å². The molecule has 9 heteroatoms. The second-order valence-corrected chi connectivity index (χ2v) is 7.73. The number of nitrogens with one attached hydrogen (secondary N) is 3. The molecule has 1 amide bonds. The van der Waals surface area contributed by atoms with Crippen molar-refractivity contribution in [2.24, 2.45) is 0 Å². The summed E-state index contributed by atoms with van der Waals surface area (Å²) in [7, 11) is 1.58. The molecule has 0 unspecified atom stereocenters. The molecule has 0 aliphatic carbocycles. The van der Waals surface area contributed by atoms with Gasteiger partial charge >= 0.3 is 0 Å². The standard InChI is InChI=1S/C18H19N5O2S2/c1-12-7-9-13(10-8-12)19-17-22-23-18(27-17)26-11-16(24)21-20-14-5-3-4-6-15(14)25-2/h3-10,20H,11H2,1-2H3,(H,19,22)(H,21,24). The van der Waals surface area contributed by atoms with E-state index in [0.717, 1.165) is 10.0 Å². The Balaban J connectivity index is 1.46. The van der Waals surface area contributed by atoms with Crippen LogP contribution in [0, 0.1) is 6.92 Å². The van der Waals surface area contributed by atoms with Gasteiger partial charge in [0, 0.05) is 5.69 Å². The van der Waals surface area contributed by atoms with Crippen molar-refractivity contribution in [1.29, 1.82) is 0 Å². The van der Waals surface area contributed by atoms with Gasteiger partial charge in [0.25, 0.3) is 0 Å². The first-order chi connectivity index (χ1) is 13.1. The average Bonchev–Trinajstić information content (AvgIpc) is 3.14. The Morgan fingerprint density at radius 3 is 2.70 bits per heavy atom. The molecular formula is C18H19N5O2S2. The fourth-order valence-corrected chi connectivity index (χ4v) is 3.70. The molecule has 0 aliphatic rings. The number of benzene rings is 2. The topological polar surface area (TPSA) is 88.2 Å². The Morgan fingerprint density at radius 2 is 1.93 bits per heavy atom. The maximum atomic E-state index is 12.0. The van der Waals surface area contributed by atoms with E-state index in [4.69, 9.17) is 4.74 Å². The lowest BCUT2D eigenvalue weighted by Gasteiger charge is -2.11. The Kier molecular flexibility index (Phi) is 6.50. The highest BCUT2D eigenvalue weighted by Crippen LogP contribution is 2.27. The molecule has 2 aromatic carbocycles. The highest BCUT2D eigenvalue weighted by molar-refractivity contribution is 8.01. The second kappa shape index (κ2) is 9.24. The van der Waals surface area contributed by atoms with Gasteiger partial charge in [-0.15, -0.1) is 10.2 Å². The number of para-hydroxylation sites is 2. The lowest BCUT2D eigenvalue weighted by Crippen LogP contribution is -2.30. The van der Waals surface area contributed by atoms with Crippen LogP contribution in [0.3, 0.4) is 0 Å². The van der Waals surface area contributed by atoms with Crippen LogP contribution in [0.4, 0.5) is 16.5 Å². The van der Waals surface area contributed by atoms with E-state index in [0.29, 0.717) is 16.6 Å². The molecule has 0 spiro atoms. The van der Waals surface area contributed by atoms with E-state index in [2.05, 4.69) is 26.4 Å². The smallest absolute Gasteiger partial charge is 0.248 e. The summed E-state index contributed by atoms with van der Waals surface area (Å²) in [6.45, 7) is 2.04. The molecule has 1 aromatic heterocycles. The Labute approximate surface area is 165 Å². The summed E-state index contributed by atoms with van der Waals surface area (Å²) in [6.07, 6.45) is 0. The Bertz CT molecular complexity index is 899. The molecule has 0 saturated heterocycles. The van der Waals surface area contributed by atoms with Crippen LogP contribution in [0.1, 0.15) is 5.56 Å². The van der Waals surface area contributed by atoms with Crippen LogP contribution < -0.4 is 20.9 Å². The van der Waals surface area contributed by atoms with Crippen molar-refractivity contribution in [3.8, 4) is 5.75 Å². The summed E-state index contributed by atoms with van der Waals surface area (Å²) >= 11 is 2.73.